The summed E-state index contributed by atoms with van der Waals surface area (Å²) in [6.45, 7) is 9.11. The van der Waals surface area contributed by atoms with Crippen molar-refractivity contribution in [1.29, 1.82) is 0 Å². The molecule has 1 N–H and O–H groups in total. The Morgan fingerprint density at radius 1 is 1.12 bits per heavy atom. The fourth-order valence-electron chi connectivity index (χ4n) is 3.86. The molecule has 2 aliphatic carbocycles. The van der Waals surface area contributed by atoms with Crippen LogP contribution >= 0.6 is 0 Å². The summed E-state index contributed by atoms with van der Waals surface area (Å²) in [6.07, 6.45) is 4.94. The second kappa shape index (κ2) is 3.07. The lowest BCUT2D eigenvalue weighted by Gasteiger charge is -2.41. The van der Waals surface area contributed by atoms with Crippen LogP contribution in [0.1, 0.15) is 62.3 Å². The Balaban J connectivity index is 2.37. The van der Waals surface area contributed by atoms with Crippen molar-refractivity contribution in [3.63, 3.8) is 0 Å². The van der Waals surface area contributed by atoms with Crippen LogP contribution < -0.4 is 0 Å². The molecule has 1 aromatic carbocycles. The van der Waals surface area contributed by atoms with Crippen LogP contribution in [0.15, 0.2) is 6.07 Å². The van der Waals surface area contributed by atoms with E-state index in [1.807, 2.05) is 6.07 Å². The largest absolute Gasteiger partial charge is 0.508 e. The van der Waals surface area contributed by atoms with E-state index in [1.54, 1.807) is 5.56 Å². The SMILES string of the molecule is Cc1c(O)cc2c3c1CC[C@@]3(C)CCC2(C)C. The number of rotatable bonds is 0. The Bertz CT molecular complexity index is 499. The third-order valence-electron chi connectivity index (χ3n) is 5.25. The van der Waals surface area contributed by atoms with E-state index in [-0.39, 0.29) is 5.41 Å². The summed E-state index contributed by atoms with van der Waals surface area (Å²) in [4.78, 5) is 0. The minimum absolute atomic E-state index is 0.221. The van der Waals surface area contributed by atoms with E-state index in [4.69, 9.17) is 0 Å². The van der Waals surface area contributed by atoms with Gasteiger partial charge in [-0.25, -0.2) is 0 Å². The van der Waals surface area contributed by atoms with Gasteiger partial charge in [0.05, 0.1) is 0 Å². The van der Waals surface area contributed by atoms with Crippen molar-refractivity contribution in [3.05, 3.63) is 28.3 Å². The van der Waals surface area contributed by atoms with E-state index < -0.39 is 0 Å². The maximum Gasteiger partial charge on any atom is 0.119 e. The van der Waals surface area contributed by atoms with Gasteiger partial charge < -0.3 is 5.11 Å². The van der Waals surface area contributed by atoms with E-state index in [0.29, 0.717) is 11.2 Å². The van der Waals surface area contributed by atoms with Crippen LogP contribution in [0.2, 0.25) is 0 Å². The predicted molar refractivity (Wildman–Crippen MR) is 70.8 cm³/mol. The number of hydrogen-bond acceptors (Lipinski definition) is 1. The summed E-state index contributed by atoms with van der Waals surface area (Å²) in [5.74, 6) is 0.498. The molecule has 0 aromatic heterocycles. The molecule has 0 unspecified atom stereocenters. The van der Waals surface area contributed by atoms with E-state index in [0.717, 1.165) is 12.0 Å². The molecule has 0 bridgehead atoms. The maximum atomic E-state index is 10.1. The van der Waals surface area contributed by atoms with E-state index >= 15 is 0 Å². The first kappa shape index (κ1) is 11.1. The second-order valence-corrected chi connectivity index (χ2v) is 6.87. The summed E-state index contributed by atoms with van der Waals surface area (Å²) in [5, 5.41) is 10.1. The van der Waals surface area contributed by atoms with Crippen molar-refractivity contribution in [2.75, 3.05) is 0 Å². The minimum Gasteiger partial charge on any atom is -0.508 e. The number of aromatic hydroxyl groups is 1. The number of benzene rings is 1. The molecule has 0 saturated heterocycles. The van der Waals surface area contributed by atoms with Crippen LogP contribution in [0, 0.1) is 6.92 Å². The zero-order valence-electron chi connectivity index (χ0n) is 11.4. The molecule has 1 atom stereocenters. The average Bonchev–Trinajstić information content (AvgIpc) is 2.60. The summed E-state index contributed by atoms with van der Waals surface area (Å²) in [7, 11) is 0. The van der Waals surface area contributed by atoms with Gasteiger partial charge in [0.15, 0.2) is 0 Å². The molecule has 1 heteroatoms. The molecular formula is C16H22O. The highest BCUT2D eigenvalue weighted by Gasteiger charge is 2.45. The zero-order valence-corrected chi connectivity index (χ0v) is 11.4. The first-order valence-electron chi connectivity index (χ1n) is 6.72. The van der Waals surface area contributed by atoms with Crippen molar-refractivity contribution >= 4 is 0 Å². The van der Waals surface area contributed by atoms with Crippen LogP contribution in [0.5, 0.6) is 5.75 Å². The monoisotopic (exact) mass is 230 g/mol. The van der Waals surface area contributed by atoms with Crippen LogP contribution in [-0.4, -0.2) is 5.11 Å². The van der Waals surface area contributed by atoms with Crippen LogP contribution in [-0.2, 0) is 17.3 Å². The van der Waals surface area contributed by atoms with E-state index in [2.05, 4.69) is 27.7 Å². The van der Waals surface area contributed by atoms with Gasteiger partial charge in [-0.05, 0) is 71.8 Å². The molecule has 1 aromatic rings. The molecule has 17 heavy (non-hydrogen) atoms. The topological polar surface area (TPSA) is 20.2 Å². The Morgan fingerprint density at radius 2 is 1.82 bits per heavy atom. The molecule has 0 spiro atoms. The van der Waals surface area contributed by atoms with Crippen molar-refractivity contribution in [3.8, 4) is 5.75 Å². The molecule has 92 valence electrons. The first-order chi connectivity index (χ1) is 7.85. The number of hydrogen-bond donors (Lipinski definition) is 1. The Labute approximate surface area is 104 Å². The van der Waals surface area contributed by atoms with Gasteiger partial charge in [-0.15, -0.1) is 0 Å². The second-order valence-electron chi connectivity index (χ2n) is 6.87. The Hall–Kier alpha value is -0.980. The fourth-order valence-corrected chi connectivity index (χ4v) is 3.86. The van der Waals surface area contributed by atoms with Crippen molar-refractivity contribution in [2.24, 2.45) is 0 Å². The normalized spacial score (nSPS) is 29.2. The molecule has 0 aliphatic heterocycles. The van der Waals surface area contributed by atoms with Gasteiger partial charge in [0.25, 0.3) is 0 Å². The average molecular weight is 230 g/mol. The molecule has 0 heterocycles. The third kappa shape index (κ3) is 1.31. The standard InChI is InChI=1S/C16H22O/c1-10-11-5-6-16(4)8-7-15(2,3)12(14(11)16)9-13(10)17/h9,17H,5-8H2,1-4H3/t16-/m0/s1. The van der Waals surface area contributed by atoms with Gasteiger partial charge in [-0.1, -0.05) is 20.8 Å². The van der Waals surface area contributed by atoms with Gasteiger partial charge >= 0.3 is 0 Å². The van der Waals surface area contributed by atoms with Gasteiger partial charge in [0.2, 0.25) is 0 Å². The lowest BCUT2D eigenvalue weighted by molar-refractivity contribution is 0.313. The molecule has 0 saturated carbocycles. The third-order valence-corrected chi connectivity index (χ3v) is 5.25. The van der Waals surface area contributed by atoms with Gasteiger partial charge in [0, 0.05) is 0 Å². The molecule has 3 rings (SSSR count). The summed E-state index contributed by atoms with van der Waals surface area (Å²) >= 11 is 0. The number of phenolic OH excluding ortho intramolecular Hbond substituents is 1. The van der Waals surface area contributed by atoms with Crippen molar-refractivity contribution in [2.45, 2.75) is 64.2 Å². The maximum absolute atomic E-state index is 10.1. The highest BCUT2D eigenvalue weighted by atomic mass is 16.3. The highest BCUT2D eigenvalue weighted by molar-refractivity contribution is 5.57. The van der Waals surface area contributed by atoms with Gasteiger partial charge in [-0.2, -0.15) is 0 Å². The summed E-state index contributed by atoms with van der Waals surface area (Å²) in [6, 6.07) is 2.04. The van der Waals surface area contributed by atoms with Crippen LogP contribution in [0.25, 0.3) is 0 Å². The molecule has 1 nitrogen and oxygen atoms in total. The fraction of sp³-hybridized carbons (Fsp3) is 0.625. The molecule has 0 radical (unpaired) electrons. The quantitative estimate of drug-likeness (QED) is 0.715. The molecule has 2 aliphatic rings. The highest BCUT2D eigenvalue weighted by Crippen LogP contribution is 2.54. The minimum atomic E-state index is 0.221. The van der Waals surface area contributed by atoms with E-state index in [1.165, 1.54) is 30.4 Å². The van der Waals surface area contributed by atoms with Crippen molar-refractivity contribution in [1.82, 2.24) is 0 Å². The summed E-state index contributed by atoms with van der Waals surface area (Å²) in [5.41, 5.74) is 6.13. The smallest absolute Gasteiger partial charge is 0.119 e. The predicted octanol–water partition coefficient (Wildman–Crippen LogP) is 3.98. The number of phenols is 1. The lowest BCUT2D eigenvalue weighted by atomic mass is 9.63. The Kier molecular flexibility index (Phi) is 2.01. The summed E-state index contributed by atoms with van der Waals surface area (Å²) < 4.78 is 0. The van der Waals surface area contributed by atoms with Gasteiger partial charge in [-0.3, -0.25) is 0 Å². The molecule has 0 amide bonds. The van der Waals surface area contributed by atoms with Gasteiger partial charge in [0.1, 0.15) is 5.75 Å². The molecular weight excluding hydrogens is 208 g/mol. The van der Waals surface area contributed by atoms with Crippen molar-refractivity contribution < 1.29 is 5.11 Å². The zero-order chi connectivity index (χ0) is 12.4. The lowest BCUT2D eigenvalue weighted by Crippen LogP contribution is -2.34. The van der Waals surface area contributed by atoms with Crippen LogP contribution in [0.3, 0.4) is 0 Å². The first-order valence-corrected chi connectivity index (χ1v) is 6.72. The Morgan fingerprint density at radius 3 is 2.53 bits per heavy atom. The molecule has 0 fully saturated rings. The van der Waals surface area contributed by atoms with Crippen LogP contribution in [0.4, 0.5) is 0 Å². The van der Waals surface area contributed by atoms with E-state index in [9.17, 15) is 5.11 Å².